The number of anilines is 1. The number of morpholine rings is 1. The monoisotopic (exact) mass is 442 g/mol. The van der Waals surface area contributed by atoms with Gasteiger partial charge in [0.2, 0.25) is 0 Å². The van der Waals surface area contributed by atoms with Crippen LogP contribution in [0, 0.1) is 0 Å². The molecule has 33 heavy (non-hydrogen) atoms. The molecule has 1 fully saturated rings. The van der Waals surface area contributed by atoms with Crippen molar-refractivity contribution in [3.05, 3.63) is 72.1 Å². The number of hydrogen-bond acceptors (Lipinski definition) is 6. The second-order valence-corrected chi connectivity index (χ2v) is 7.93. The van der Waals surface area contributed by atoms with E-state index in [1.807, 2.05) is 66.3 Å². The first-order chi connectivity index (χ1) is 16.2. The Morgan fingerprint density at radius 2 is 1.91 bits per heavy atom. The molecule has 1 aromatic carbocycles. The number of aryl methyl sites for hydroxylation is 1. The minimum Gasteiger partial charge on any atom is -0.378 e. The van der Waals surface area contributed by atoms with Crippen molar-refractivity contribution in [1.29, 1.82) is 0 Å². The quantitative estimate of drug-likeness (QED) is 0.493. The number of nitrogens with zero attached hydrogens (tertiary/aromatic N) is 5. The topological polar surface area (TPSA) is 85.2 Å². The minimum absolute atomic E-state index is 0.160. The fourth-order valence-electron chi connectivity index (χ4n) is 4.00. The maximum atomic E-state index is 13.2. The fourth-order valence-corrected chi connectivity index (χ4v) is 4.00. The van der Waals surface area contributed by atoms with E-state index in [1.54, 1.807) is 6.20 Å². The molecule has 168 valence electrons. The molecular weight excluding hydrogens is 416 g/mol. The molecule has 3 aromatic heterocycles. The van der Waals surface area contributed by atoms with Gasteiger partial charge >= 0.3 is 0 Å². The van der Waals surface area contributed by atoms with E-state index in [-0.39, 0.29) is 5.91 Å². The summed E-state index contributed by atoms with van der Waals surface area (Å²) in [6, 6.07) is 15.7. The van der Waals surface area contributed by atoms with Gasteiger partial charge in [-0.2, -0.15) is 5.10 Å². The molecule has 0 unspecified atom stereocenters. The van der Waals surface area contributed by atoms with E-state index in [9.17, 15) is 4.79 Å². The molecule has 1 N–H and O–H groups in total. The SMILES string of the molecule is CCn1ncc2c(C(=O)NCc3ccc(N4CCOCC4)nc3)cc(-c3ccccc3)nc21. The number of aromatic nitrogens is 4. The summed E-state index contributed by atoms with van der Waals surface area (Å²) in [6.45, 7) is 6.21. The van der Waals surface area contributed by atoms with Crippen LogP contribution < -0.4 is 10.2 Å². The van der Waals surface area contributed by atoms with Gasteiger partial charge in [0.05, 0.1) is 36.1 Å². The van der Waals surface area contributed by atoms with Crippen molar-refractivity contribution >= 4 is 22.8 Å². The highest BCUT2D eigenvalue weighted by molar-refractivity contribution is 6.06. The molecule has 0 saturated carbocycles. The molecule has 8 nitrogen and oxygen atoms in total. The Hall–Kier alpha value is -3.78. The molecular formula is C25H26N6O2. The van der Waals surface area contributed by atoms with E-state index in [4.69, 9.17) is 9.72 Å². The van der Waals surface area contributed by atoms with Gasteiger partial charge in [-0.3, -0.25) is 4.79 Å². The minimum atomic E-state index is -0.160. The number of ether oxygens (including phenoxy) is 1. The summed E-state index contributed by atoms with van der Waals surface area (Å²) >= 11 is 0. The van der Waals surface area contributed by atoms with Crippen LogP contribution in [-0.4, -0.2) is 52.0 Å². The second-order valence-electron chi connectivity index (χ2n) is 7.93. The molecule has 1 amide bonds. The summed E-state index contributed by atoms with van der Waals surface area (Å²) in [5, 5.41) is 8.19. The second kappa shape index (κ2) is 9.38. The van der Waals surface area contributed by atoms with Gasteiger partial charge in [0.25, 0.3) is 5.91 Å². The van der Waals surface area contributed by atoms with Crippen LogP contribution in [0.2, 0.25) is 0 Å². The lowest BCUT2D eigenvalue weighted by atomic mass is 10.1. The highest BCUT2D eigenvalue weighted by Crippen LogP contribution is 2.25. The molecule has 1 saturated heterocycles. The first-order valence-electron chi connectivity index (χ1n) is 11.2. The molecule has 0 atom stereocenters. The molecule has 5 rings (SSSR count). The number of amides is 1. The molecule has 0 aliphatic carbocycles. The van der Waals surface area contributed by atoms with Crippen LogP contribution in [0.4, 0.5) is 5.82 Å². The van der Waals surface area contributed by atoms with Crippen LogP contribution in [0.5, 0.6) is 0 Å². The average Bonchev–Trinajstić information content (AvgIpc) is 3.31. The largest absolute Gasteiger partial charge is 0.378 e. The zero-order valence-electron chi connectivity index (χ0n) is 18.6. The predicted molar refractivity (Wildman–Crippen MR) is 127 cm³/mol. The molecule has 0 radical (unpaired) electrons. The summed E-state index contributed by atoms with van der Waals surface area (Å²) < 4.78 is 7.21. The number of benzene rings is 1. The lowest BCUT2D eigenvalue weighted by molar-refractivity contribution is 0.0952. The lowest BCUT2D eigenvalue weighted by Crippen LogP contribution is -2.36. The first kappa shape index (κ1) is 21.1. The third-order valence-electron chi connectivity index (χ3n) is 5.82. The van der Waals surface area contributed by atoms with Crippen molar-refractivity contribution in [3.63, 3.8) is 0 Å². The predicted octanol–water partition coefficient (Wildman–Crippen LogP) is 3.28. The number of nitrogens with one attached hydrogen (secondary N) is 1. The summed E-state index contributed by atoms with van der Waals surface area (Å²) in [4.78, 5) is 24.8. The van der Waals surface area contributed by atoms with Crippen LogP contribution in [-0.2, 0) is 17.8 Å². The van der Waals surface area contributed by atoms with Crippen molar-refractivity contribution in [2.24, 2.45) is 0 Å². The van der Waals surface area contributed by atoms with Crippen LogP contribution in [0.15, 0.2) is 60.9 Å². The maximum absolute atomic E-state index is 13.2. The van der Waals surface area contributed by atoms with Crippen molar-refractivity contribution in [3.8, 4) is 11.3 Å². The van der Waals surface area contributed by atoms with Gasteiger partial charge in [0, 0.05) is 37.9 Å². The molecule has 0 spiro atoms. The summed E-state index contributed by atoms with van der Waals surface area (Å²) in [6.07, 6.45) is 3.53. The summed E-state index contributed by atoms with van der Waals surface area (Å²) in [5.41, 5.74) is 3.93. The fraction of sp³-hybridized carbons (Fsp3) is 0.280. The van der Waals surface area contributed by atoms with Gasteiger partial charge in [-0.25, -0.2) is 14.6 Å². The number of hydrogen-bond donors (Lipinski definition) is 1. The summed E-state index contributed by atoms with van der Waals surface area (Å²) in [5.74, 6) is 0.774. The third-order valence-corrected chi connectivity index (χ3v) is 5.82. The van der Waals surface area contributed by atoms with Crippen molar-refractivity contribution in [2.45, 2.75) is 20.0 Å². The zero-order chi connectivity index (χ0) is 22.6. The third kappa shape index (κ3) is 4.42. The van der Waals surface area contributed by atoms with Gasteiger partial charge < -0.3 is 15.0 Å². The highest BCUT2D eigenvalue weighted by atomic mass is 16.5. The van der Waals surface area contributed by atoms with E-state index in [1.165, 1.54) is 0 Å². The van der Waals surface area contributed by atoms with Crippen molar-refractivity contribution in [1.82, 2.24) is 25.1 Å². The number of rotatable bonds is 6. The lowest BCUT2D eigenvalue weighted by Gasteiger charge is -2.27. The van der Waals surface area contributed by atoms with Crippen molar-refractivity contribution in [2.75, 3.05) is 31.2 Å². The van der Waals surface area contributed by atoms with E-state index in [0.717, 1.165) is 54.3 Å². The first-order valence-corrected chi connectivity index (χ1v) is 11.2. The molecule has 1 aliphatic heterocycles. The van der Waals surface area contributed by atoms with Gasteiger partial charge in [-0.15, -0.1) is 0 Å². The van der Waals surface area contributed by atoms with Crippen LogP contribution in [0.3, 0.4) is 0 Å². The van der Waals surface area contributed by atoms with Gasteiger partial charge in [0.15, 0.2) is 5.65 Å². The number of pyridine rings is 2. The Labute approximate surface area is 192 Å². The van der Waals surface area contributed by atoms with Crippen LogP contribution in [0.25, 0.3) is 22.3 Å². The molecule has 8 heteroatoms. The Bertz CT molecular complexity index is 1250. The summed E-state index contributed by atoms with van der Waals surface area (Å²) in [7, 11) is 0. The smallest absolute Gasteiger partial charge is 0.252 e. The molecule has 0 bridgehead atoms. The van der Waals surface area contributed by atoms with Gasteiger partial charge in [-0.1, -0.05) is 36.4 Å². The number of carbonyl (C=O) groups is 1. The van der Waals surface area contributed by atoms with E-state index in [2.05, 4.69) is 20.3 Å². The zero-order valence-corrected chi connectivity index (χ0v) is 18.6. The normalized spacial score (nSPS) is 13.9. The maximum Gasteiger partial charge on any atom is 0.252 e. The van der Waals surface area contributed by atoms with Crippen LogP contribution in [0.1, 0.15) is 22.8 Å². The number of fused-ring (bicyclic) bond motifs is 1. The Morgan fingerprint density at radius 3 is 2.64 bits per heavy atom. The van der Waals surface area contributed by atoms with Gasteiger partial charge in [-0.05, 0) is 24.6 Å². The van der Waals surface area contributed by atoms with Crippen LogP contribution >= 0.6 is 0 Å². The Kier molecular flexibility index (Phi) is 5.99. The van der Waals surface area contributed by atoms with Gasteiger partial charge in [0.1, 0.15) is 5.82 Å². The van der Waals surface area contributed by atoms with E-state index >= 15 is 0 Å². The standard InChI is InChI=1S/C25H26N6O2/c1-2-31-24-21(17-28-31)20(14-22(29-24)19-6-4-3-5-7-19)25(32)27-16-18-8-9-23(26-15-18)30-10-12-33-13-11-30/h3-9,14-15,17H,2,10-13,16H2,1H3,(H,27,32). The van der Waals surface area contributed by atoms with E-state index in [0.29, 0.717) is 24.3 Å². The Morgan fingerprint density at radius 1 is 1.09 bits per heavy atom. The highest BCUT2D eigenvalue weighted by Gasteiger charge is 2.17. The average molecular weight is 443 g/mol. The molecule has 1 aliphatic rings. The molecule has 4 heterocycles. The van der Waals surface area contributed by atoms with E-state index < -0.39 is 0 Å². The Balaban J connectivity index is 1.37. The number of carbonyl (C=O) groups excluding carboxylic acids is 1. The van der Waals surface area contributed by atoms with Crippen molar-refractivity contribution < 1.29 is 9.53 Å². The molecule has 4 aromatic rings.